The molecule has 0 atom stereocenters. The van der Waals surface area contributed by atoms with E-state index in [4.69, 9.17) is 5.73 Å². The van der Waals surface area contributed by atoms with Gasteiger partial charge in [-0.25, -0.2) is 4.39 Å². The van der Waals surface area contributed by atoms with Crippen molar-refractivity contribution in [2.75, 3.05) is 5.73 Å². The van der Waals surface area contributed by atoms with Gasteiger partial charge in [0, 0.05) is 15.5 Å². The highest BCUT2D eigenvalue weighted by Gasteiger charge is 2.09. The summed E-state index contributed by atoms with van der Waals surface area (Å²) in [7, 11) is 0. The second-order valence-electron chi connectivity index (χ2n) is 4.18. The van der Waals surface area contributed by atoms with E-state index in [9.17, 15) is 4.39 Å². The molecule has 0 radical (unpaired) electrons. The van der Waals surface area contributed by atoms with E-state index in [1.807, 2.05) is 19.1 Å². The molecule has 0 fully saturated rings. The highest BCUT2D eigenvalue weighted by atomic mass is 79.9. The molecule has 18 heavy (non-hydrogen) atoms. The van der Waals surface area contributed by atoms with Gasteiger partial charge in [0.25, 0.3) is 0 Å². The van der Waals surface area contributed by atoms with Crippen molar-refractivity contribution in [1.29, 1.82) is 0 Å². The SMILES string of the molecule is Cc1ccc(Sc2cc(F)c(Br)cc2N)c(C)c1. The normalized spacial score (nSPS) is 10.7. The molecule has 0 amide bonds. The molecule has 4 heteroatoms. The Labute approximate surface area is 119 Å². The monoisotopic (exact) mass is 325 g/mol. The molecule has 0 heterocycles. The molecule has 0 bridgehead atoms. The van der Waals surface area contributed by atoms with Crippen molar-refractivity contribution in [3.8, 4) is 0 Å². The number of hydrogen-bond acceptors (Lipinski definition) is 2. The van der Waals surface area contributed by atoms with Crippen molar-refractivity contribution in [3.05, 3.63) is 51.7 Å². The Morgan fingerprint density at radius 2 is 1.83 bits per heavy atom. The minimum atomic E-state index is -0.295. The van der Waals surface area contributed by atoms with Crippen molar-refractivity contribution in [2.24, 2.45) is 0 Å². The molecule has 0 unspecified atom stereocenters. The van der Waals surface area contributed by atoms with Crippen LogP contribution in [0.1, 0.15) is 11.1 Å². The molecule has 94 valence electrons. The van der Waals surface area contributed by atoms with Crippen molar-refractivity contribution >= 4 is 33.4 Å². The largest absolute Gasteiger partial charge is 0.398 e. The number of nitrogens with two attached hydrogens (primary N) is 1. The fourth-order valence-corrected chi connectivity index (χ4v) is 2.96. The van der Waals surface area contributed by atoms with Gasteiger partial charge in [-0.05, 0) is 53.5 Å². The van der Waals surface area contributed by atoms with Gasteiger partial charge in [-0.3, -0.25) is 0 Å². The Morgan fingerprint density at radius 1 is 1.11 bits per heavy atom. The number of hydrogen-bond donors (Lipinski definition) is 1. The first-order chi connectivity index (χ1) is 8.47. The average Bonchev–Trinajstić information content (AvgIpc) is 2.29. The van der Waals surface area contributed by atoms with Crippen molar-refractivity contribution < 1.29 is 4.39 Å². The second kappa shape index (κ2) is 5.33. The predicted octanol–water partition coefficient (Wildman–Crippen LogP) is 4.94. The lowest BCUT2D eigenvalue weighted by Gasteiger charge is -2.09. The van der Waals surface area contributed by atoms with Crippen molar-refractivity contribution in [3.63, 3.8) is 0 Å². The number of nitrogen functional groups attached to an aromatic ring is 1. The van der Waals surface area contributed by atoms with Gasteiger partial charge in [-0.15, -0.1) is 0 Å². The van der Waals surface area contributed by atoms with Gasteiger partial charge >= 0.3 is 0 Å². The third-order valence-electron chi connectivity index (χ3n) is 2.60. The molecule has 0 aliphatic heterocycles. The summed E-state index contributed by atoms with van der Waals surface area (Å²) in [5, 5.41) is 0. The van der Waals surface area contributed by atoms with E-state index in [-0.39, 0.29) is 5.82 Å². The van der Waals surface area contributed by atoms with E-state index in [1.165, 1.54) is 29.0 Å². The summed E-state index contributed by atoms with van der Waals surface area (Å²) in [6.45, 7) is 4.09. The number of rotatable bonds is 2. The molecule has 0 saturated carbocycles. The summed E-state index contributed by atoms with van der Waals surface area (Å²) >= 11 is 4.61. The summed E-state index contributed by atoms with van der Waals surface area (Å²) in [5.41, 5.74) is 8.86. The van der Waals surface area contributed by atoms with Crippen LogP contribution in [0.4, 0.5) is 10.1 Å². The first-order valence-electron chi connectivity index (χ1n) is 5.47. The highest BCUT2D eigenvalue weighted by Crippen LogP contribution is 2.36. The summed E-state index contributed by atoms with van der Waals surface area (Å²) in [4.78, 5) is 1.83. The van der Waals surface area contributed by atoms with Gasteiger partial charge in [0.15, 0.2) is 0 Å². The first kappa shape index (κ1) is 13.4. The van der Waals surface area contributed by atoms with E-state index in [1.54, 1.807) is 6.07 Å². The zero-order chi connectivity index (χ0) is 13.3. The molecule has 0 spiro atoms. The fraction of sp³-hybridized carbons (Fsp3) is 0.143. The quantitative estimate of drug-likeness (QED) is 0.791. The fourth-order valence-electron chi connectivity index (χ4n) is 1.66. The molecule has 0 aliphatic rings. The minimum Gasteiger partial charge on any atom is -0.398 e. The molecule has 2 N–H and O–H groups in total. The van der Waals surface area contributed by atoms with Crippen LogP contribution in [0.15, 0.2) is 44.6 Å². The molecule has 2 rings (SSSR count). The molecule has 0 saturated heterocycles. The predicted molar refractivity (Wildman–Crippen MR) is 78.6 cm³/mol. The smallest absolute Gasteiger partial charge is 0.138 e. The third-order valence-corrected chi connectivity index (χ3v) is 4.46. The summed E-state index contributed by atoms with van der Waals surface area (Å²) in [6.07, 6.45) is 0. The third kappa shape index (κ3) is 2.87. The second-order valence-corrected chi connectivity index (χ2v) is 6.11. The number of anilines is 1. The lowest BCUT2D eigenvalue weighted by atomic mass is 10.2. The Bertz CT molecular complexity index is 599. The maximum absolute atomic E-state index is 13.5. The Kier molecular flexibility index (Phi) is 3.97. The van der Waals surface area contributed by atoms with Crippen molar-refractivity contribution in [1.82, 2.24) is 0 Å². The van der Waals surface area contributed by atoms with Crippen molar-refractivity contribution in [2.45, 2.75) is 23.6 Å². The maximum atomic E-state index is 13.5. The standard InChI is InChI=1S/C14H13BrFNS/c1-8-3-4-13(9(2)5-8)18-14-7-11(16)10(15)6-12(14)17/h3-7H,17H2,1-2H3. The van der Waals surface area contributed by atoms with E-state index < -0.39 is 0 Å². The van der Waals surface area contributed by atoms with Crippen LogP contribution in [0.2, 0.25) is 0 Å². The summed E-state index contributed by atoms with van der Waals surface area (Å²) in [5.74, 6) is -0.295. The number of aryl methyl sites for hydroxylation is 2. The van der Waals surface area contributed by atoms with Gasteiger partial charge in [0.05, 0.1) is 4.47 Å². The zero-order valence-corrected chi connectivity index (χ0v) is 12.5. The Hall–Kier alpha value is -1.00. The maximum Gasteiger partial charge on any atom is 0.138 e. The minimum absolute atomic E-state index is 0.295. The van der Waals surface area contributed by atoms with Crippen LogP contribution in [-0.4, -0.2) is 0 Å². The van der Waals surface area contributed by atoms with E-state index in [0.29, 0.717) is 10.2 Å². The molecule has 2 aromatic rings. The lowest BCUT2D eigenvalue weighted by Crippen LogP contribution is -1.91. The van der Waals surface area contributed by atoms with Gasteiger partial charge in [-0.2, -0.15) is 0 Å². The first-order valence-corrected chi connectivity index (χ1v) is 7.08. The molecule has 1 nitrogen and oxygen atoms in total. The Morgan fingerprint density at radius 3 is 2.50 bits per heavy atom. The Balaban J connectivity index is 2.37. The zero-order valence-electron chi connectivity index (χ0n) is 10.1. The highest BCUT2D eigenvalue weighted by molar-refractivity contribution is 9.10. The van der Waals surface area contributed by atoms with Crippen LogP contribution >= 0.6 is 27.7 Å². The molecule has 2 aromatic carbocycles. The van der Waals surface area contributed by atoms with Gasteiger partial charge < -0.3 is 5.73 Å². The topological polar surface area (TPSA) is 26.0 Å². The van der Waals surface area contributed by atoms with E-state index in [0.717, 1.165) is 9.79 Å². The van der Waals surface area contributed by atoms with Gasteiger partial charge in [0.2, 0.25) is 0 Å². The lowest BCUT2D eigenvalue weighted by molar-refractivity contribution is 0.618. The average molecular weight is 326 g/mol. The summed E-state index contributed by atoms with van der Waals surface area (Å²) < 4.78 is 13.9. The molecule has 0 aromatic heterocycles. The van der Waals surface area contributed by atoms with Crippen LogP contribution in [0, 0.1) is 19.7 Å². The number of benzene rings is 2. The van der Waals surface area contributed by atoms with Gasteiger partial charge in [-0.1, -0.05) is 29.5 Å². The van der Waals surface area contributed by atoms with Crippen LogP contribution in [0.3, 0.4) is 0 Å². The number of halogens is 2. The molecular weight excluding hydrogens is 313 g/mol. The van der Waals surface area contributed by atoms with Crippen LogP contribution < -0.4 is 5.73 Å². The van der Waals surface area contributed by atoms with E-state index in [2.05, 4.69) is 28.9 Å². The van der Waals surface area contributed by atoms with Gasteiger partial charge in [0.1, 0.15) is 5.82 Å². The molecule has 0 aliphatic carbocycles. The molecular formula is C14H13BrFNS. The summed E-state index contributed by atoms with van der Waals surface area (Å²) in [6, 6.07) is 9.24. The van der Waals surface area contributed by atoms with Crippen LogP contribution in [-0.2, 0) is 0 Å². The van der Waals surface area contributed by atoms with Crippen LogP contribution in [0.25, 0.3) is 0 Å². The van der Waals surface area contributed by atoms with Crippen LogP contribution in [0.5, 0.6) is 0 Å². The van der Waals surface area contributed by atoms with E-state index >= 15 is 0 Å².